The Bertz CT molecular complexity index is 489. The number of hydrogen-bond donors (Lipinski definition) is 0. The van der Waals surface area contributed by atoms with E-state index in [1.54, 1.807) is 44.1 Å². The van der Waals surface area contributed by atoms with Gasteiger partial charge in [-0.05, 0) is 78.3 Å². The van der Waals surface area contributed by atoms with Crippen molar-refractivity contribution in [3.8, 4) is 0 Å². The van der Waals surface area contributed by atoms with E-state index in [9.17, 15) is 0 Å². The summed E-state index contributed by atoms with van der Waals surface area (Å²) in [6.45, 7) is 7.58. The molecule has 4 saturated carbocycles. The van der Waals surface area contributed by atoms with Gasteiger partial charge < -0.3 is 0 Å². The molecule has 0 aromatic heterocycles. The summed E-state index contributed by atoms with van der Waals surface area (Å²) in [6, 6.07) is 11.3. The van der Waals surface area contributed by atoms with Gasteiger partial charge in [-0.25, -0.2) is 0 Å². The maximum Gasteiger partial charge on any atom is -0.00634 e. The molecular formula is C21H31P. The van der Waals surface area contributed by atoms with Gasteiger partial charge in [0, 0.05) is 0 Å². The SMILES string of the molecule is CC(C)(C)P(Cc1ccccc1)C12CC3CC(CC(C3)C1)C2. The first-order valence-electron chi connectivity index (χ1n) is 9.26. The maximum atomic E-state index is 2.53. The van der Waals surface area contributed by atoms with Gasteiger partial charge in [0.2, 0.25) is 0 Å². The van der Waals surface area contributed by atoms with Crippen LogP contribution in [0.25, 0.3) is 0 Å². The van der Waals surface area contributed by atoms with Crippen LogP contribution in [0.1, 0.15) is 64.9 Å². The van der Waals surface area contributed by atoms with Crippen LogP contribution in [0.15, 0.2) is 30.3 Å². The maximum absolute atomic E-state index is 2.53. The Hall–Kier alpha value is -0.350. The molecule has 22 heavy (non-hydrogen) atoms. The average molecular weight is 314 g/mol. The Kier molecular flexibility index (Phi) is 3.69. The van der Waals surface area contributed by atoms with E-state index >= 15 is 0 Å². The third-order valence-electron chi connectivity index (χ3n) is 6.57. The summed E-state index contributed by atoms with van der Waals surface area (Å²) in [5.41, 5.74) is 1.58. The fraction of sp³-hybridized carbons (Fsp3) is 0.714. The normalized spacial score (nSPS) is 38.2. The van der Waals surface area contributed by atoms with Crippen LogP contribution in [0.3, 0.4) is 0 Å². The van der Waals surface area contributed by atoms with Gasteiger partial charge >= 0.3 is 0 Å². The highest BCUT2D eigenvalue weighted by molar-refractivity contribution is 7.60. The van der Waals surface area contributed by atoms with Crippen LogP contribution in [0.4, 0.5) is 0 Å². The minimum atomic E-state index is 0.0479. The lowest BCUT2D eigenvalue weighted by Gasteiger charge is -2.62. The van der Waals surface area contributed by atoms with Crippen molar-refractivity contribution >= 4 is 7.92 Å². The smallest absolute Gasteiger partial charge is 0.00634 e. The van der Waals surface area contributed by atoms with Crippen molar-refractivity contribution in [2.75, 3.05) is 0 Å². The Labute approximate surface area is 137 Å². The highest BCUT2D eigenvalue weighted by atomic mass is 31.1. The zero-order chi connectivity index (χ0) is 15.4. The molecule has 0 saturated heterocycles. The van der Waals surface area contributed by atoms with E-state index in [-0.39, 0.29) is 7.92 Å². The first kappa shape index (κ1) is 15.2. The van der Waals surface area contributed by atoms with Gasteiger partial charge in [-0.1, -0.05) is 59.0 Å². The summed E-state index contributed by atoms with van der Waals surface area (Å²) in [6.07, 6.45) is 10.7. The van der Waals surface area contributed by atoms with E-state index in [0.29, 0.717) is 5.16 Å². The summed E-state index contributed by atoms with van der Waals surface area (Å²) in [4.78, 5) is 0. The van der Waals surface area contributed by atoms with Crippen molar-refractivity contribution in [2.24, 2.45) is 17.8 Å². The number of rotatable bonds is 3. The van der Waals surface area contributed by atoms with Gasteiger partial charge in [-0.3, -0.25) is 0 Å². The Morgan fingerprint density at radius 1 is 0.909 bits per heavy atom. The van der Waals surface area contributed by atoms with Crippen molar-refractivity contribution in [3.63, 3.8) is 0 Å². The van der Waals surface area contributed by atoms with Gasteiger partial charge in [0.1, 0.15) is 0 Å². The quantitative estimate of drug-likeness (QED) is 0.563. The molecule has 4 fully saturated rings. The van der Waals surface area contributed by atoms with Gasteiger partial charge in [-0.2, -0.15) is 0 Å². The molecule has 1 unspecified atom stereocenters. The molecule has 1 aromatic carbocycles. The van der Waals surface area contributed by atoms with Crippen molar-refractivity contribution in [2.45, 2.75) is 75.8 Å². The molecular weight excluding hydrogens is 283 g/mol. The third-order valence-corrected chi connectivity index (χ3v) is 10.6. The first-order valence-corrected chi connectivity index (χ1v) is 10.8. The van der Waals surface area contributed by atoms with E-state index in [1.807, 2.05) is 0 Å². The Morgan fingerprint density at radius 3 is 1.86 bits per heavy atom. The van der Waals surface area contributed by atoms with Crippen molar-refractivity contribution < 1.29 is 0 Å². The summed E-state index contributed by atoms with van der Waals surface area (Å²) >= 11 is 0. The summed E-state index contributed by atoms with van der Waals surface area (Å²) in [5, 5.41) is 1.20. The summed E-state index contributed by atoms with van der Waals surface area (Å²) in [5.74, 6) is 3.23. The molecule has 0 radical (unpaired) electrons. The van der Waals surface area contributed by atoms with E-state index < -0.39 is 0 Å². The van der Waals surface area contributed by atoms with Gasteiger partial charge in [0.15, 0.2) is 0 Å². The van der Waals surface area contributed by atoms with Crippen LogP contribution in [-0.2, 0) is 6.16 Å². The molecule has 0 nitrogen and oxygen atoms in total. The standard InChI is InChI=1S/C21H31P/c1-20(2,3)22(15-16-7-5-4-6-8-16)21-12-17-9-18(13-21)11-19(10-17)14-21/h4-8,17-19H,9-15H2,1-3H3. The van der Waals surface area contributed by atoms with E-state index in [4.69, 9.17) is 0 Å². The van der Waals surface area contributed by atoms with Crippen molar-refractivity contribution in [1.82, 2.24) is 0 Å². The minimum Gasteiger partial charge on any atom is -0.0903 e. The van der Waals surface area contributed by atoms with Crippen LogP contribution < -0.4 is 0 Å². The fourth-order valence-corrected chi connectivity index (χ4v) is 10.5. The topological polar surface area (TPSA) is 0 Å². The average Bonchev–Trinajstić information content (AvgIpc) is 2.43. The lowest BCUT2D eigenvalue weighted by molar-refractivity contribution is 0.0347. The van der Waals surface area contributed by atoms with Crippen LogP contribution in [0.5, 0.6) is 0 Å². The molecule has 5 rings (SSSR count). The first-order chi connectivity index (χ1) is 10.4. The van der Waals surface area contributed by atoms with Crippen molar-refractivity contribution in [1.29, 1.82) is 0 Å². The third kappa shape index (κ3) is 2.66. The van der Waals surface area contributed by atoms with E-state index in [0.717, 1.165) is 22.9 Å². The molecule has 120 valence electrons. The lowest BCUT2D eigenvalue weighted by atomic mass is 9.56. The Balaban J connectivity index is 1.66. The zero-order valence-electron chi connectivity index (χ0n) is 14.5. The molecule has 4 bridgehead atoms. The molecule has 4 aliphatic rings. The fourth-order valence-electron chi connectivity index (χ4n) is 6.28. The number of benzene rings is 1. The molecule has 1 heteroatoms. The summed E-state index contributed by atoms with van der Waals surface area (Å²) in [7, 11) is 0.0479. The van der Waals surface area contributed by atoms with E-state index in [2.05, 4.69) is 51.1 Å². The van der Waals surface area contributed by atoms with Crippen molar-refractivity contribution in [3.05, 3.63) is 35.9 Å². The molecule has 1 aromatic rings. The monoisotopic (exact) mass is 314 g/mol. The largest absolute Gasteiger partial charge is 0.0903 e. The molecule has 0 N–H and O–H groups in total. The molecule has 1 atom stereocenters. The van der Waals surface area contributed by atoms with E-state index in [1.165, 1.54) is 6.16 Å². The van der Waals surface area contributed by atoms with Crippen LogP contribution in [0.2, 0.25) is 0 Å². The predicted octanol–water partition coefficient (Wildman–Crippen LogP) is 6.44. The van der Waals surface area contributed by atoms with Crippen LogP contribution in [0, 0.1) is 17.8 Å². The van der Waals surface area contributed by atoms with Crippen LogP contribution >= 0.6 is 7.92 Å². The highest BCUT2D eigenvalue weighted by Crippen LogP contribution is 2.73. The summed E-state index contributed by atoms with van der Waals surface area (Å²) < 4.78 is 0. The van der Waals surface area contributed by atoms with Gasteiger partial charge in [-0.15, -0.1) is 0 Å². The molecule has 4 aliphatic carbocycles. The minimum absolute atomic E-state index is 0.0479. The second kappa shape index (κ2) is 5.34. The lowest BCUT2D eigenvalue weighted by Crippen LogP contribution is -2.51. The second-order valence-corrected chi connectivity index (χ2v) is 12.8. The highest BCUT2D eigenvalue weighted by Gasteiger charge is 2.55. The molecule has 0 aliphatic heterocycles. The van der Waals surface area contributed by atoms with Gasteiger partial charge in [0.05, 0.1) is 0 Å². The molecule has 0 amide bonds. The van der Waals surface area contributed by atoms with Gasteiger partial charge in [0.25, 0.3) is 0 Å². The zero-order valence-corrected chi connectivity index (χ0v) is 15.4. The molecule has 0 heterocycles. The predicted molar refractivity (Wildman–Crippen MR) is 97.7 cm³/mol. The number of hydrogen-bond acceptors (Lipinski definition) is 0. The Morgan fingerprint density at radius 2 is 1.41 bits per heavy atom. The molecule has 0 spiro atoms. The van der Waals surface area contributed by atoms with Crippen LogP contribution in [-0.4, -0.2) is 10.3 Å². The second-order valence-electron chi connectivity index (χ2n) is 9.38.